The highest BCUT2D eigenvalue weighted by molar-refractivity contribution is 14.1. The van der Waals surface area contributed by atoms with E-state index in [4.69, 9.17) is 11.6 Å². The van der Waals surface area contributed by atoms with Crippen LogP contribution in [0.3, 0.4) is 0 Å². The average Bonchev–Trinajstić information content (AvgIpc) is 2.44. The largest absolute Gasteiger partial charge is 0.303 e. The summed E-state index contributed by atoms with van der Waals surface area (Å²) in [6, 6.07) is 4.05. The Morgan fingerprint density at radius 1 is 1.54 bits per heavy atom. The third-order valence-corrected chi connectivity index (χ3v) is 2.94. The second-order valence-corrected chi connectivity index (χ2v) is 4.37. The Kier molecular flexibility index (Phi) is 2.47. The number of hydrogen-bond acceptors (Lipinski definition) is 1. The van der Waals surface area contributed by atoms with E-state index in [-0.39, 0.29) is 0 Å². The SMILES string of the molecule is Cc1c(CCl)nc2ccc(I)cn12. The Labute approximate surface area is 95.1 Å². The van der Waals surface area contributed by atoms with Crippen molar-refractivity contribution in [1.29, 1.82) is 0 Å². The lowest BCUT2D eigenvalue weighted by atomic mass is 10.4. The molecule has 4 heteroatoms. The fourth-order valence-corrected chi connectivity index (χ4v) is 2.02. The minimum absolute atomic E-state index is 0.476. The van der Waals surface area contributed by atoms with E-state index in [9.17, 15) is 0 Å². The molecule has 0 saturated carbocycles. The molecule has 2 heterocycles. The molecule has 0 spiro atoms. The van der Waals surface area contributed by atoms with Crippen molar-refractivity contribution in [2.75, 3.05) is 0 Å². The molecule has 0 radical (unpaired) electrons. The zero-order chi connectivity index (χ0) is 9.42. The maximum Gasteiger partial charge on any atom is 0.137 e. The molecule has 0 unspecified atom stereocenters. The molecule has 0 aliphatic carbocycles. The summed E-state index contributed by atoms with van der Waals surface area (Å²) in [6.45, 7) is 2.04. The molecule has 0 aromatic carbocycles. The van der Waals surface area contributed by atoms with Gasteiger partial charge in [0.05, 0.1) is 11.6 Å². The Balaban J connectivity index is 2.77. The minimum atomic E-state index is 0.476. The van der Waals surface area contributed by atoms with Gasteiger partial charge in [0.2, 0.25) is 0 Å². The number of halogens is 2. The van der Waals surface area contributed by atoms with Gasteiger partial charge in [-0.2, -0.15) is 0 Å². The summed E-state index contributed by atoms with van der Waals surface area (Å²) >= 11 is 8.05. The van der Waals surface area contributed by atoms with E-state index in [1.807, 2.05) is 19.1 Å². The maximum atomic E-state index is 5.77. The van der Waals surface area contributed by atoms with Crippen molar-refractivity contribution in [3.05, 3.63) is 33.3 Å². The lowest BCUT2D eigenvalue weighted by Gasteiger charge is -1.96. The summed E-state index contributed by atoms with van der Waals surface area (Å²) in [6.07, 6.45) is 2.06. The van der Waals surface area contributed by atoms with Crippen molar-refractivity contribution >= 4 is 39.8 Å². The quantitative estimate of drug-likeness (QED) is 0.585. The standard InChI is InChI=1S/C9H8ClIN2/c1-6-8(4-10)12-9-3-2-7(11)5-13(6)9/h2-3,5H,4H2,1H3. The van der Waals surface area contributed by atoms with Gasteiger partial charge < -0.3 is 4.40 Å². The van der Waals surface area contributed by atoms with Crippen molar-refractivity contribution in [1.82, 2.24) is 9.38 Å². The van der Waals surface area contributed by atoms with Crippen LogP contribution in [0.5, 0.6) is 0 Å². The van der Waals surface area contributed by atoms with E-state index in [0.717, 1.165) is 17.0 Å². The highest BCUT2D eigenvalue weighted by Gasteiger charge is 2.06. The Morgan fingerprint density at radius 2 is 2.31 bits per heavy atom. The first-order valence-electron chi connectivity index (χ1n) is 3.91. The summed E-state index contributed by atoms with van der Waals surface area (Å²) in [5.74, 6) is 0.476. The van der Waals surface area contributed by atoms with Crippen LogP contribution in [0.1, 0.15) is 11.4 Å². The van der Waals surface area contributed by atoms with Gasteiger partial charge in [0.25, 0.3) is 0 Å². The highest BCUT2D eigenvalue weighted by atomic mass is 127. The molecule has 0 bridgehead atoms. The Morgan fingerprint density at radius 3 is 3.00 bits per heavy atom. The van der Waals surface area contributed by atoms with E-state index in [1.165, 1.54) is 3.57 Å². The highest BCUT2D eigenvalue weighted by Crippen LogP contribution is 2.15. The summed E-state index contributed by atoms with van der Waals surface area (Å²) < 4.78 is 3.27. The van der Waals surface area contributed by atoms with Crippen LogP contribution in [0.2, 0.25) is 0 Å². The third kappa shape index (κ3) is 1.55. The zero-order valence-corrected chi connectivity index (χ0v) is 10.0. The second-order valence-electron chi connectivity index (χ2n) is 2.85. The molecule has 0 aliphatic rings. The molecule has 2 nitrogen and oxygen atoms in total. The number of rotatable bonds is 1. The van der Waals surface area contributed by atoms with Crippen LogP contribution in [0, 0.1) is 10.5 Å². The molecular formula is C9H8ClIN2. The van der Waals surface area contributed by atoms with E-state index in [2.05, 4.69) is 38.2 Å². The number of imidazole rings is 1. The fourth-order valence-electron chi connectivity index (χ4n) is 1.31. The van der Waals surface area contributed by atoms with Crippen molar-refractivity contribution in [2.45, 2.75) is 12.8 Å². The number of pyridine rings is 1. The van der Waals surface area contributed by atoms with E-state index in [0.29, 0.717) is 5.88 Å². The molecule has 2 aromatic heterocycles. The predicted octanol–water partition coefficient (Wildman–Crippen LogP) is 2.99. The molecule has 0 amide bonds. The van der Waals surface area contributed by atoms with Crippen LogP contribution in [-0.4, -0.2) is 9.38 Å². The molecule has 13 heavy (non-hydrogen) atoms. The average molecular weight is 307 g/mol. The molecule has 2 rings (SSSR count). The predicted molar refractivity (Wildman–Crippen MR) is 62.2 cm³/mol. The van der Waals surface area contributed by atoms with Gasteiger partial charge in [-0.25, -0.2) is 4.98 Å². The van der Waals surface area contributed by atoms with Gasteiger partial charge in [-0.05, 0) is 41.6 Å². The monoisotopic (exact) mass is 306 g/mol. The summed E-state index contributed by atoms with van der Waals surface area (Å²) in [5, 5.41) is 0. The Bertz CT molecular complexity index is 450. The number of aromatic nitrogens is 2. The number of fused-ring (bicyclic) bond motifs is 1. The molecule has 68 valence electrons. The first-order valence-corrected chi connectivity index (χ1v) is 5.53. The van der Waals surface area contributed by atoms with Gasteiger partial charge in [0, 0.05) is 15.5 Å². The van der Waals surface area contributed by atoms with E-state index in [1.54, 1.807) is 0 Å². The smallest absolute Gasteiger partial charge is 0.137 e. The van der Waals surface area contributed by atoms with Crippen LogP contribution in [-0.2, 0) is 5.88 Å². The third-order valence-electron chi connectivity index (χ3n) is 2.05. The lowest BCUT2D eigenvalue weighted by Crippen LogP contribution is -1.88. The molecule has 0 atom stereocenters. The van der Waals surface area contributed by atoms with Crippen LogP contribution >= 0.6 is 34.2 Å². The maximum absolute atomic E-state index is 5.77. The number of alkyl halides is 1. The van der Waals surface area contributed by atoms with Gasteiger partial charge in [0.15, 0.2) is 0 Å². The van der Waals surface area contributed by atoms with Crippen molar-refractivity contribution in [2.24, 2.45) is 0 Å². The molecule has 0 saturated heterocycles. The topological polar surface area (TPSA) is 17.3 Å². The van der Waals surface area contributed by atoms with Crippen molar-refractivity contribution < 1.29 is 0 Å². The van der Waals surface area contributed by atoms with Crippen LogP contribution in [0.25, 0.3) is 5.65 Å². The summed E-state index contributed by atoms with van der Waals surface area (Å²) in [5.41, 5.74) is 3.06. The van der Waals surface area contributed by atoms with Gasteiger partial charge in [-0.15, -0.1) is 11.6 Å². The number of aryl methyl sites for hydroxylation is 1. The summed E-state index contributed by atoms with van der Waals surface area (Å²) in [7, 11) is 0. The minimum Gasteiger partial charge on any atom is -0.303 e. The first-order chi connectivity index (χ1) is 6.22. The van der Waals surface area contributed by atoms with Crippen LogP contribution < -0.4 is 0 Å². The molecule has 0 fully saturated rings. The zero-order valence-electron chi connectivity index (χ0n) is 7.09. The van der Waals surface area contributed by atoms with Crippen LogP contribution in [0.4, 0.5) is 0 Å². The fraction of sp³-hybridized carbons (Fsp3) is 0.222. The molecule has 0 aliphatic heterocycles. The van der Waals surface area contributed by atoms with Crippen molar-refractivity contribution in [3.8, 4) is 0 Å². The van der Waals surface area contributed by atoms with Crippen molar-refractivity contribution in [3.63, 3.8) is 0 Å². The number of nitrogens with zero attached hydrogens (tertiary/aromatic N) is 2. The van der Waals surface area contributed by atoms with Gasteiger partial charge >= 0.3 is 0 Å². The number of hydrogen-bond donors (Lipinski definition) is 0. The van der Waals surface area contributed by atoms with Gasteiger partial charge in [0.1, 0.15) is 5.65 Å². The molecular weight excluding hydrogens is 298 g/mol. The molecule has 2 aromatic rings. The normalized spacial score (nSPS) is 11.0. The van der Waals surface area contributed by atoms with E-state index < -0.39 is 0 Å². The Hall–Kier alpha value is -0.290. The van der Waals surface area contributed by atoms with Crippen LogP contribution in [0.15, 0.2) is 18.3 Å². The second kappa shape index (κ2) is 3.46. The van der Waals surface area contributed by atoms with E-state index >= 15 is 0 Å². The lowest BCUT2D eigenvalue weighted by molar-refractivity contribution is 1.08. The van der Waals surface area contributed by atoms with Gasteiger partial charge in [-0.3, -0.25) is 0 Å². The first kappa shape index (κ1) is 9.27. The van der Waals surface area contributed by atoms with Gasteiger partial charge in [-0.1, -0.05) is 0 Å². The summed E-state index contributed by atoms with van der Waals surface area (Å²) in [4.78, 5) is 4.40. The molecule has 0 N–H and O–H groups in total.